The van der Waals surface area contributed by atoms with Gasteiger partial charge in [-0.3, -0.25) is 18.6 Å². The number of rotatable bonds is 37. The maximum absolute atomic E-state index is 12.6. The van der Waals surface area contributed by atoms with E-state index in [2.05, 4.69) is 68.5 Å². The van der Waals surface area contributed by atoms with Gasteiger partial charge in [0.25, 0.3) is 0 Å². The van der Waals surface area contributed by atoms with E-state index in [9.17, 15) is 19.0 Å². The van der Waals surface area contributed by atoms with Gasteiger partial charge in [-0.15, -0.1) is 0 Å². The molecule has 3 N–H and O–H groups in total. The third-order valence-electron chi connectivity index (χ3n) is 8.80. The number of ether oxygens (including phenoxy) is 3. The minimum atomic E-state index is -4.40. The molecule has 0 spiro atoms. The van der Waals surface area contributed by atoms with Crippen molar-refractivity contribution in [2.45, 2.75) is 173 Å². The number of esters is 2. The largest absolute Gasteiger partial charge is 0.472 e. The molecule has 0 bridgehead atoms. The number of phosphoric acid groups is 1. The number of epoxide rings is 1. The van der Waals surface area contributed by atoms with Crippen molar-refractivity contribution in [3.8, 4) is 0 Å². The van der Waals surface area contributed by atoms with Crippen LogP contribution in [0.1, 0.15) is 155 Å². The number of nitrogens with two attached hydrogens (primary N) is 1. The lowest BCUT2D eigenvalue weighted by molar-refractivity contribution is -0.161. The Labute approximate surface area is 327 Å². The van der Waals surface area contributed by atoms with Crippen LogP contribution in [0.4, 0.5) is 0 Å². The van der Waals surface area contributed by atoms with Gasteiger partial charge in [-0.05, 0) is 77.0 Å². The fourth-order valence-corrected chi connectivity index (χ4v) is 6.34. The molecular weight excluding hydrogens is 705 g/mol. The van der Waals surface area contributed by atoms with Crippen molar-refractivity contribution < 1.29 is 42.3 Å². The summed E-state index contributed by atoms with van der Waals surface area (Å²) < 4.78 is 38.4. The van der Waals surface area contributed by atoms with Gasteiger partial charge in [0.2, 0.25) is 0 Å². The number of hydrogen-bond donors (Lipinski definition) is 2. The molecule has 1 heterocycles. The Balaban J connectivity index is 2.25. The average molecular weight is 780 g/mol. The van der Waals surface area contributed by atoms with Crippen LogP contribution < -0.4 is 5.73 Å². The highest BCUT2D eigenvalue weighted by atomic mass is 31.2. The zero-order chi connectivity index (χ0) is 39.4. The normalized spacial score (nSPS) is 17.7. The van der Waals surface area contributed by atoms with Crippen LogP contribution in [0.3, 0.4) is 0 Å². The summed E-state index contributed by atoms with van der Waals surface area (Å²) in [6, 6.07) is 0. The molecule has 1 fully saturated rings. The summed E-state index contributed by atoms with van der Waals surface area (Å²) in [7, 11) is -4.40. The Morgan fingerprint density at radius 1 is 0.667 bits per heavy atom. The van der Waals surface area contributed by atoms with Crippen molar-refractivity contribution in [2.75, 3.05) is 26.4 Å². The van der Waals surface area contributed by atoms with E-state index in [1.54, 1.807) is 0 Å². The van der Waals surface area contributed by atoms with Crippen molar-refractivity contribution in [2.24, 2.45) is 5.73 Å². The van der Waals surface area contributed by atoms with Gasteiger partial charge in [0.1, 0.15) is 6.61 Å². The van der Waals surface area contributed by atoms with Crippen molar-refractivity contribution in [1.29, 1.82) is 0 Å². The predicted molar refractivity (Wildman–Crippen MR) is 219 cm³/mol. The number of unbranched alkanes of at least 4 members (excludes halogenated alkanes) is 11. The van der Waals surface area contributed by atoms with E-state index in [0.717, 1.165) is 57.8 Å². The molecule has 4 atom stereocenters. The lowest BCUT2D eigenvalue weighted by Gasteiger charge is -2.19. The Morgan fingerprint density at radius 3 is 1.89 bits per heavy atom. The van der Waals surface area contributed by atoms with E-state index in [1.165, 1.54) is 51.4 Å². The van der Waals surface area contributed by atoms with Gasteiger partial charge in [0, 0.05) is 19.4 Å². The first-order valence-corrected chi connectivity index (χ1v) is 22.4. The number of phosphoric ester groups is 1. The summed E-state index contributed by atoms with van der Waals surface area (Å²) in [5, 5.41) is 0. The van der Waals surface area contributed by atoms with Crippen molar-refractivity contribution in [3.63, 3.8) is 0 Å². The highest BCUT2D eigenvalue weighted by molar-refractivity contribution is 7.47. The Kier molecular flexibility index (Phi) is 32.3. The summed E-state index contributed by atoms with van der Waals surface area (Å²) in [5.74, 6) is -0.921. The number of allylic oxidation sites excluding steroid dienone is 9. The highest BCUT2D eigenvalue weighted by Gasteiger charge is 2.36. The predicted octanol–water partition coefficient (Wildman–Crippen LogP) is 10.7. The summed E-state index contributed by atoms with van der Waals surface area (Å²) >= 11 is 0. The smallest absolute Gasteiger partial charge is 0.462 e. The Hall–Kier alpha value is -2.33. The van der Waals surface area contributed by atoms with Crippen molar-refractivity contribution >= 4 is 19.8 Å². The molecule has 10 nitrogen and oxygen atoms in total. The summed E-state index contributed by atoms with van der Waals surface area (Å²) in [6.07, 6.45) is 42.9. The monoisotopic (exact) mass is 780 g/mol. The van der Waals surface area contributed by atoms with Gasteiger partial charge in [-0.1, -0.05) is 126 Å². The van der Waals surface area contributed by atoms with E-state index in [1.807, 2.05) is 6.08 Å². The molecule has 1 rings (SSSR count). The number of carbonyl (C=O) groups is 2. The molecule has 0 radical (unpaired) electrons. The van der Waals surface area contributed by atoms with Crippen LogP contribution >= 0.6 is 7.82 Å². The molecule has 0 amide bonds. The fourth-order valence-electron chi connectivity index (χ4n) is 5.57. The molecule has 0 aromatic rings. The van der Waals surface area contributed by atoms with E-state index in [4.69, 9.17) is 29.0 Å². The first-order valence-electron chi connectivity index (χ1n) is 20.9. The van der Waals surface area contributed by atoms with Crippen LogP contribution in [-0.2, 0) is 37.4 Å². The molecule has 0 aromatic carbocycles. The van der Waals surface area contributed by atoms with Crippen LogP contribution in [0.25, 0.3) is 0 Å². The van der Waals surface area contributed by atoms with Crippen LogP contribution in [0.5, 0.6) is 0 Å². The van der Waals surface area contributed by atoms with Crippen LogP contribution in [0.2, 0.25) is 0 Å². The van der Waals surface area contributed by atoms with E-state index in [-0.39, 0.29) is 32.6 Å². The molecular formula is C43H74NO9P. The number of hydrogen-bond acceptors (Lipinski definition) is 9. The SMILES string of the molecule is CCCCC/C=C\C/C=C\CCCCCCCC(=O)OC[C@H](COP(=O)(O)OCCN)OC(=O)CCC/C=C\C/C=C\C/C=C\CC1OC1CCCCC. The van der Waals surface area contributed by atoms with Crippen molar-refractivity contribution in [3.05, 3.63) is 60.8 Å². The Bertz CT molecular complexity index is 1140. The van der Waals surface area contributed by atoms with Crippen molar-refractivity contribution in [1.82, 2.24) is 0 Å². The molecule has 3 unspecified atom stereocenters. The lowest BCUT2D eigenvalue weighted by atomic mass is 10.1. The molecule has 11 heteroatoms. The highest BCUT2D eigenvalue weighted by Crippen LogP contribution is 2.43. The third-order valence-corrected chi connectivity index (χ3v) is 9.78. The minimum Gasteiger partial charge on any atom is -0.462 e. The summed E-state index contributed by atoms with van der Waals surface area (Å²) in [6.45, 7) is 3.57. The average Bonchev–Trinajstić information content (AvgIpc) is 3.91. The quantitative estimate of drug-likeness (QED) is 0.0205. The second-order valence-corrected chi connectivity index (χ2v) is 15.3. The first-order chi connectivity index (χ1) is 26.3. The molecule has 1 aliphatic rings. The van der Waals surface area contributed by atoms with Gasteiger partial charge in [-0.25, -0.2) is 4.57 Å². The molecule has 0 saturated carbocycles. The van der Waals surface area contributed by atoms with Gasteiger partial charge in [0.05, 0.1) is 25.4 Å². The number of carbonyl (C=O) groups excluding carboxylic acids is 2. The minimum absolute atomic E-state index is 0.0381. The molecule has 1 saturated heterocycles. The fraction of sp³-hybridized carbons (Fsp3) is 0.721. The van der Waals surface area contributed by atoms with Crippen LogP contribution in [-0.4, -0.2) is 61.5 Å². The second kappa shape index (κ2) is 35.1. The third kappa shape index (κ3) is 32.0. The maximum Gasteiger partial charge on any atom is 0.472 e. The molecule has 54 heavy (non-hydrogen) atoms. The van der Waals surface area contributed by atoms with Gasteiger partial charge in [0.15, 0.2) is 6.10 Å². The van der Waals surface area contributed by atoms with Gasteiger partial charge >= 0.3 is 19.8 Å². The van der Waals surface area contributed by atoms with Gasteiger partial charge < -0.3 is 24.8 Å². The topological polar surface area (TPSA) is 147 Å². The van der Waals surface area contributed by atoms with E-state index >= 15 is 0 Å². The first kappa shape index (κ1) is 49.7. The molecule has 1 aliphatic heterocycles. The maximum atomic E-state index is 12.6. The van der Waals surface area contributed by atoms with E-state index in [0.29, 0.717) is 31.5 Å². The lowest BCUT2D eigenvalue weighted by Crippen LogP contribution is -2.29. The van der Waals surface area contributed by atoms with Crippen LogP contribution in [0, 0.1) is 0 Å². The summed E-state index contributed by atoms with van der Waals surface area (Å²) in [5.41, 5.74) is 5.34. The molecule has 310 valence electrons. The van der Waals surface area contributed by atoms with Crippen LogP contribution in [0.15, 0.2) is 60.8 Å². The standard InChI is InChI=1S/C43H74NO9P/c1-3-5-7-8-9-10-11-12-13-14-15-19-22-25-29-33-42(45)49-37-39(38-51-54(47,48)50-36-35-44)52-43(46)34-30-26-23-20-17-16-18-21-24-28-32-41-40(53-41)31-27-6-4-2/h9-10,12-13,16,18,20,23-24,28,39-41H,3-8,11,14-15,17,19,21-22,25-27,29-38,44H2,1-2H3,(H,47,48)/b10-9-,13-12-,18-16-,23-20-,28-24-/t39-,40?,41?/m1/s1. The van der Waals surface area contributed by atoms with Gasteiger partial charge in [-0.2, -0.15) is 0 Å². The zero-order valence-corrected chi connectivity index (χ0v) is 34.5. The Morgan fingerprint density at radius 2 is 1.22 bits per heavy atom. The second-order valence-electron chi connectivity index (χ2n) is 13.9. The molecule has 0 aliphatic carbocycles. The van der Waals surface area contributed by atoms with E-state index < -0.39 is 32.5 Å². The molecule has 0 aromatic heterocycles. The zero-order valence-electron chi connectivity index (χ0n) is 33.6. The summed E-state index contributed by atoms with van der Waals surface area (Å²) in [4.78, 5) is 34.8.